The van der Waals surface area contributed by atoms with Crippen molar-refractivity contribution in [3.63, 3.8) is 0 Å². The second-order valence-electron chi connectivity index (χ2n) is 4.45. The van der Waals surface area contributed by atoms with Gasteiger partial charge in [0.25, 0.3) is 0 Å². The largest absolute Gasteiger partial charge is 0.480 e. The van der Waals surface area contributed by atoms with E-state index in [1.54, 1.807) is 0 Å². The van der Waals surface area contributed by atoms with E-state index < -0.39 is 18.3 Å². The minimum Gasteiger partial charge on any atom is -0.480 e. The number of carbonyl (C=O) groups is 2. The summed E-state index contributed by atoms with van der Waals surface area (Å²) in [6.07, 6.45) is 0.226. The molecule has 1 rings (SSSR count). The molecule has 0 saturated carbocycles. The van der Waals surface area contributed by atoms with Crippen LogP contribution < -0.4 is 4.90 Å². The van der Waals surface area contributed by atoms with Gasteiger partial charge in [-0.2, -0.15) is 0 Å². The monoisotopic (exact) mass is 253 g/mol. The lowest BCUT2D eigenvalue weighted by atomic mass is 10.1. The highest BCUT2D eigenvalue weighted by Gasteiger charge is 2.19. The van der Waals surface area contributed by atoms with Crippen LogP contribution in [-0.2, 0) is 9.59 Å². The van der Waals surface area contributed by atoms with E-state index in [1.807, 2.05) is 13.8 Å². The fourth-order valence-electron chi connectivity index (χ4n) is 1.56. The molecule has 98 valence electrons. The smallest absolute Gasteiger partial charge is 0.323 e. The first kappa shape index (κ1) is 14.2. The summed E-state index contributed by atoms with van der Waals surface area (Å²) >= 11 is 0. The fourth-order valence-corrected chi connectivity index (χ4v) is 1.56. The van der Waals surface area contributed by atoms with E-state index in [9.17, 15) is 14.0 Å². The maximum absolute atomic E-state index is 13.1. The second kappa shape index (κ2) is 6.14. The number of benzene rings is 1. The molecule has 0 aromatic heterocycles. The molecular weight excluding hydrogens is 237 g/mol. The third-order valence-electron chi connectivity index (χ3n) is 2.30. The molecule has 0 aliphatic heterocycles. The molecule has 1 amide bonds. The van der Waals surface area contributed by atoms with Crippen molar-refractivity contribution >= 4 is 17.6 Å². The average Bonchev–Trinajstić information content (AvgIpc) is 2.24. The molecule has 0 spiro atoms. The van der Waals surface area contributed by atoms with Crippen LogP contribution in [0.15, 0.2) is 24.3 Å². The molecule has 0 bridgehead atoms. The molecule has 0 radical (unpaired) electrons. The molecule has 0 aliphatic carbocycles. The molecular formula is C13H16FNO3. The minimum absolute atomic E-state index is 0.113. The second-order valence-corrected chi connectivity index (χ2v) is 4.45. The maximum Gasteiger partial charge on any atom is 0.323 e. The highest BCUT2D eigenvalue weighted by molar-refractivity contribution is 5.97. The highest BCUT2D eigenvalue weighted by atomic mass is 19.1. The summed E-state index contributed by atoms with van der Waals surface area (Å²) in [4.78, 5) is 23.8. The number of carboxylic acid groups (broad SMARTS) is 1. The number of hydrogen-bond acceptors (Lipinski definition) is 2. The van der Waals surface area contributed by atoms with Gasteiger partial charge >= 0.3 is 5.97 Å². The highest BCUT2D eigenvalue weighted by Crippen LogP contribution is 2.17. The topological polar surface area (TPSA) is 57.6 Å². The Labute approximate surface area is 105 Å². The minimum atomic E-state index is -1.13. The summed E-state index contributed by atoms with van der Waals surface area (Å²) in [6.45, 7) is 3.26. The van der Waals surface area contributed by atoms with E-state index in [1.165, 1.54) is 18.2 Å². The van der Waals surface area contributed by atoms with Crippen LogP contribution in [0.5, 0.6) is 0 Å². The number of halogens is 1. The van der Waals surface area contributed by atoms with Crippen molar-refractivity contribution in [3.8, 4) is 0 Å². The Morgan fingerprint density at radius 2 is 2.06 bits per heavy atom. The van der Waals surface area contributed by atoms with Crippen molar-refractivity contribution < 1.29 is 19.1 Å². The molecule has 1 aromatic carbocycles. The van der Waals surface area contributed by atoms with Gasteiger partial charge in [-0.1, -0.05) is 19.9 Å². The number of carbonyl (C=O) groups excluding carboxylic acids is 1. The van der Waals surface area contributed by atoms with Gasteiger partial charge in [-0.25, -0.2) is 4.39 Å². The number of nitrogens with zero attached hydrogens (tertiary/aromatic N) is 1. The summed E-state index contributed by atoms with van der Waals surface area (Å²) in [5, 5.41) is 8.81. The average molecular weight is 253 g/mol. The zero-order chi connectivity index (χ0) is 13.7. The van der Waals surface area contributed by atoms with E-state index in [-0.39, 0.29) is 23.9 Å². The third kappa shape index (κ3) is 4.16. The molecule has 4 nitrogen and oxygen atoms in total. The van der Waals surface area contributed by atoms with Gasteiger partial charge in [0, 0.05) is 12.1 Å². The molecule has 0 aliphatic rings. The van der Waals surface area contributed by atoms with Gasteiger partial charge in [0.2, 0.25) is 5.91 Å². The normalized spacial score (nSPS) is 10.4. The molecule has 0 atom stereocenters. The Kier molecular flexibility index (Phi) is 4.83. The lowest BCUT2D eigenvalue weighted by molar-refractivity contribution is -0.136. The molecule has 18 heavy (non-hydrogen) atoms. The van der Waals surface area contributed by atoms with Gasteiger partial charge in [0.15, 0.2) is 0 Å². The van der Waals surface area contributed by atoms with Crippen LogP contribution in [0, 0.1) is 11.7 Å². The first-order chi connectivity index (χ1) is 8.40. The van der Waals surface area contributed by atoms with Crippen LogP contribution in [0.25, 0.3) is 0 Å². The molecule has 0 unspecified atom stereocenters. The summed E-state index contributed by atoms with van der Waals surface area (Å²) in [5.41, 5.74) is 0.267. The van der Waals surface area contributed by atoms with Gasteiger partial charge < -0.3 is 10.0 Å². The Balaban J connectivity index is 2.97. The first-order valence-corrected chi connectivity index (χ1v) is 5.68. The molecule has 0 heterocycles. The summed E-state index contributed by atoms with van der Waals surface area (Å²) in [5.74, 6) is -1.84. The SMILES string of the molecule is CC(C)CC(=O)N(CC(=O)O)c1cccc(F)c1. The fraction of sp³-hybridized carbons (Fsp3) is 0.385. The number of amides is 1. The summed E-state index contributed by atoms with van der Waals surface area (Å²) in [6, 6.07) is 5.36. The van der Waals surface area contributed by atoms with Gasteiger partial charge in [0.05, 0.1) is 0 Å². The lowest BCUT2D eigenvalue weighted by Crippen LogP contribution is -2.36. The molecule has 0 fully saturated rings. The Morgan fingerprint density at radius 3 is 2.56 bits per heavy atom. The van der Waals surface area contributed by atoms with Gasteiger partial charge in [-0.05, 0) is 24.1 Å². The quantitative estimate of drug-likeness (QED) is 0.875. The van der Waals surface area contributed by atoms with E-state index in [0.717, 1.165) is 11.0 Å². The van der Waals surface area contributed by atoms with Crippen molar-refractivity contribution in [2.24, 2.45) is 5.92 Å². The summed E-state index contributed by atoms with van der Waals surface area (Å²) in [7, 11) is 0. The number of hydrogen-bond donors (Lipinski definition) is 1. The number of aliphatic carboxylic acids is 1. The third-order valence-corrected chi connectivity index (χ3v) is 2.30. The number of rotatable bonds is 5. The Bertz CT molecular complexity index is 446. The van der Waals surface area contributed by atoms with Crippen LogP contribution in [0.4, 0.5) is 10.1 Å². The molecule has 5 heteroatoms. The van der Waals surface area contributed by atoms with E-state index in [2.05, 4.69) is 0 Å². The maximum atomic E-state index is 13.1. The van der Waals surface area contributed by atoms with Gasteiger partial charge in [-0.3, -0.25) is 9.59 Å². The van der Waals surface area contributed by atoms with Gasteiger partial charge in [0.1, 0.15) is 12.4 Å². The van der Waals surface area contributed by atoms with Crippen molar-refractivity contribution in [2.45, 2.75) is 20.3 Å². The predicted octanol–water partition coefficient (Wildman–Crippen LogP) is 2.29. The van der Waals surface area contributed by atoms with Crippen LogP contribution in [0.1, 0.15) is 20.3 Å². The van der Waals surface area contributed by atoms with Crippen LogP contribution >= 0.6 is 0 Å². The zero-order valence-electron chi connectivity index (χ0n) is 10.4. The molecule has 1 N–H and O–H groups in total. The van der Waals surface area contributed by atoms with Crippen molar-refractivity contribution in [1.82, 2.24) is 0 Å². The van der Waals surface area contributed by atoms with Crippen molar-refractivity contribution in [3.05, 3.63) is 30.1 Å². The standard InChI is InChI=1S/C13H16FNO3/c1-9(2)6-12(16)15(8-13(17)18)11-5-3-4-10(14)7-11/h3-5,7,9H,6,8H2,1-2H3,(H,17,18). The number of carboxylic acids is 1. The van der Waals surface area contributed by atoms with Crippen LogP contribution in [0.2, 0.25) is 0 Å². The van der Waals surface area contributed by atoms with Crippen LogP contribution in [-0.4, -0.2) is 23.5 Å². The summed E-state index contributed by atoms with van der Waals surface area (Å²) < 4.78 is 13.1. The van der Waals surface area contributed by atoms with Crippen LogP contribution in [0.3, 0.4) is 0 Å². The first-order valence-electron chi connectivity index (χ1n) is 5.68. The van der Waals surface area contributed by atoms with E-state index >= 15 is 0 Å². The molecule has 1 aromatic rings. The van der Waals surface area contributed by atoms with Crippen molar-refractivity contribution in [2.75, 3.05) is 11.4 Å². The number of anilines is 1. The van der Waals surface area contributed by atoms with Gasteiger partial charge in [-0.15, -0.1) is 0 Å². The Hall–Kier alpha value is -1.91. The Morgan fingerprint density at radius 1 is 1.39 bits per heavy atom. The van der Waals surface area contributed by atoms with E-state index in [0.29, 0.717) is 0 Å². The lowest BCUT2D eigenvalue weighted by Gasteiger charge is -2.21. The van der Waals surface area contributed by atoms with Crippen molar-refractivity contribution in [1.29, 1.82) is 0 Å². The zero-order valence-corrected chi connectivity index (χ0v) is 10.4. The molecule has 0 saturated heterocycles. The predicted molar refractivity (Wildman–Crippen MR) is 65.8 cm³/mol. The van der Waals surface area contributed by atoms with E-state index in [4.69, 9.17) is 5.11 Å².